The summed E-state index contributed by atoms with van der Waals surface area (Å²) in [5.41, 5.74) is 3.89. The van der Waals surface area contributed by atoms with Crippen molar-refractivity contribution in [2.75, 3.05) is 5.75 Å². The summed E-state index contributed by atoms with van der Waals surface area (Å²) in [6.07, 6.45) is 1.66. The zero-order valence-corrected chi connectivity index (χ0v) is 18.8. The van der Waals surface area contributed by atoms with Gasteiger partial charge in [-0.15, -0.1) is 10.2 Å². The van der Waals surface area contributed by atoms with Crippen LogP contribution in [0.3, 0.4) is 0 Å². The van der Waals surface area contributed by atoms with E-state index < -0.39 is 0 Å². The number of benzene rings is 3. The number of aromatic nitrogens is 3. The molecule has 0 fully saturated rings. The lowest BCUT2D eigenvalue weighted by Gasteiger charge is -2.17. The van der Waals surface area contributed by atoms with E-state index >= 15 is 0 Å². The fourth-order valence-electron chi connectivity index (χ4n) is 3.65. The van der Waals surface area contributed by atoms with Crippen LogP contribution < -0.4 is 5.32 Å². The van der Waals surface area contributed by atoms with Crippen LogP contribution in [0.25, 0.3) is 16.7 Å². The molecule has 0 radical (unpaired) electrons. The van der Waals surface area contributed by atoms with Crippen molar-refractivity contribution in [1.82, 2.24) is 20.1 Å². The van der Waals surface area contributed by atoms with Crippen LogP contribution in [-0.4, -0.2) is 26.4 Å². The maximum Gasteiger partial charge on any atom is 0.231 e. The Kier molecular flexibility index (Phi) is 5.95. The second-order valence-corrected chi connectivity index (χ2v) is 8.65. The molecule has 3 aromatic carbocycles. The van der Waals surface area contributed by atoms with E-state index in [0.29, 0.717) is 10.9 Å². The number of thioether (sulfide) groups is 1. The first-order valence-electron chi connectivity index (χ1n) is 10.6. The van der Waals surface area contributed by atoms with Gasteiger partial charge in [-0.1, -0.05) is 78.0 Å². The van der Waals surface area contributed by atoms with Crippen LogP contribution in [0.1, 0.15) is 22.9 Å². The van der Waals surface area contributed by atoms with E-state index in [2.05, 4.69) is 15.5 Å². The lowest BCUT2D eigenvalue weighted by atomic mass is 10.0. The highest BCUT2D eigenvalue weighted by atomic mass is 32.2. The van der Waals surface area contributed by atoms with E-state index in [-0.39, 0.29) is 17.7 Å². The number of hydrogen-bond donors (Lipinski definition) is 1. The molecule has 7 heteroatoms. The number of nitrogens with one attached hydrogen (secondary N) is 1. The fourth-order valence-corrected chi connectivity index (χ4v) is 4.39. The molecular weight excluding hydrogens is 432 g/mol. The molecule has 0 aliphatic heterocycles. The third-order valence-corrected chi connectivity index (χ3v) is 6.27. The number of aryl methyl sites for hydroxylation is 1. The van der Waals surface area contributed by atoms with Crippen LogP contribution in [0.5, 0.6) is 0 Å². The predicted molar refractivity (Wildman–Crippen MR) is 129 cm³/mol. The third-order valence-electron chi connectivity index (χ3n) is 5.33. The zero-order valence-electron chi connectivity index (χ0n) is 18.0. The summed E-state index contributed by atoms with van der Waals surface area (Å²) >= 11 is 1.34. The molecule has 0 aliphatic carbocycles. The first kappa shape index (κ1) is 21.0. The topological polar surface area (TPSA) is 73.0 Å². The minimum atomic E-state index is -0.387. The van der Waals surface area contributed by atoms with Crippen LogP contribution in [0, 0.1) is 6.92 Å². The minimum Gasteiger partial charge on any atom is -0.459 e. The molecule has 5 aromatic rings. The van der Waals surface area contributed by atoms with Crippen molar-refractivity contribution in [3.05, 3.63) is 108 Å². The molecule has 33 heavy (non-hydrogen) atoms. The van der Waals surface area contributed by atoms with Crippen LogP contribution in [-0.2, 0) is 4.79 Å². The van der Waals surface area contributed by atoms with Crippen LogP contribution in [0.2, 0.25) is 0 Å². The van der Waals surface area contributed by atoms with Gasteiger partial charge in [0.15, 0.2) is 5.16 Å². The molecule has 0 saturated heterocycles. The Hall–Kier alpha value is -3.84. The summed E-state index contributed by atoms with van der Waals surface area (Å²) in [5, 5.41) is 13.0. The number of fused-ring (bicyclic) bond motifs is 1. The summed E-state index contributed by atoms with van der Waals surface area (Å²) in [5.74, 6) is 0.782. The number of rotatable bonds is 7. The monoisotopic (exact) mass is 454 g/mol. The van der Waals surface area contributed by atoms with Crippen molar-refractivity contribution in [2.45, 2.75) is 18.1 Å². The lowest BCUT2D eigenvalue weighted by molar-refractivity contribution is -0.119. The number of carbonyl (C=O) groups excluding carboxylic acids is 1. The first-order valence-corrected chi connectivity index (χ1v) is 11.6. The van der Waals surface area contributed by atoms with Gasteiger partial charge < -0.3 is 9.73 Å². The molecule has 5 rings (SSSR count). The first-order chi connectivity index (χ1) is 16.2. The largest absolute Gasteiger partial charge is 0.459 e. The summed E-state index contributed by atoms with van der Waals surface area (Å²) in [6, 6.07) is 27.4. The molecule has 1 atom stereocenters. The molecule has 0 saturated carbocycles. The Bertz CT molecular complexity index is 1340. The standard InChI is InChI=1S/C26H22N4O2S/c1-18-11-13-21(14-12-18)30-17-27-29-26(30)33-16-24(31)28-25(19-7-3-2-4-8-19)23-15-20-9-5-6-10-22(20)32-23/h2-15,17,25H,16H2,1H3,(H,28,31). The number of amides is 1. The molecule has 2 aromatic heterocycles. The summed E-state index contributed by atoms with van der Waals surface area (Å²) in [6.45, 7) is 2.04. The molecule has 0 bridgehead atoms. The maximum absolute atomic E-state index is 13.0. The molecule has 0 spiro atoms. The molecule has 2 heterocycles. The second kappa shape index (κ2) is 9.34. The second-order valence-electron chi connectivity index (χ2n) is 7.71. The van der Waals surface area contributed by atoms with Crippen LogP contribution in [0.4, 0.5) is 0 Å². The fraction of sp³-hybridized carbons (Fsp3) is 0.115. The number of hydrogen-bond acceptors (Lipinski definition) is 5. The number of para-hydroxylation sites is 1. The van der Waals surface area contributed by atoms with Crippen molar-refractivity contribution in [2.24, 2.45) is 0 Å². The highest BCUT2D eigenvalue weighted by Crippen LogP contribution is 2.29. The minimum absolute atomic E-state index is 0.118. The highest BCUT2D eigenvalue weighted by Gasteiger charge is 2.21. The smallest absolute Gasteiger partial charge is 0.231 e. The van der Waals surface area contributed by atoms with E-state index in [1.807, 2.05) is 96.4 Å². The Morgan fingerprint density at radius 1 is 1.03 bits per heavy atom. The Morgan fingerprint density at radius 2 is 1.79 bits per heavy atom. The zero-order chi connectivity index (χ0) is 22.6. The van der Waals surface area contributed by atoms with Crippen molar-refractivity contribution < 1.29 is 9.21 Å². The van der Waals surface area contributed by atoms with Gasteiger partial charge in [0.2, 0.25) is 5.91 Å². The quantitative estimate of drug-likeness (QED) is 0.337. The van der Waals surface area contributed by atoms with Gasteiger partial charge in [0.25, 0.3) is 0 Å². The summed E-state index contributed by atoms with van der Waals surface area (Å²) in [7, 11) is 0. The SMILES string of the molecule is Cc1ccc(-n2cnnc2SCC(=O)NC(c2ccccc2)c2cc3ccccc3o2)cc1. The van der Waals surface area contributed by atoms with E-state index in [9.17, 15) is 4.79 Å². The van der Waals surface area contributed by atoms with E-state index in [4.69, 9.17) is 4.42 Å². The Morgan fingerprint density at radius 3 is 2.58 bits per heavy atom. The molecule has 1 unspecified atom stereocenters. The van der Waals surface area contributed by atoms with Gasteiger partial charge in [-0.05, 0) is 36.8 Å². The van der Waals surface area contributed by atoms with Gasteiger partial charge in [0.1, 0.15) is 23.7 Å². The molecular formula is C26H22N4O2S. The molecule has 0 aliphatic rings. The predicted octanol–water partition coefficient (Wildman–Crippen LogP) is 5.32. The maximum atomic E-state index is 13.0. The summed E-state index contributed by atoms with van der Waals surface area (Å²) < 4.78 is 7.95. The third kappa shape index (κ3) is 4.68. The van der Waals surface area contributed by atoms with Gasteiger partial charge in [-0.25, -0.2) is 0 Å². The van der Waals surface area contributed by atoms with Crippen LogP contribution >= 0.6 is 11.8 Å². The Labute approximate surface area is 195 Å². The highest BCUT2D eigenvalue weighted by molar-refractivity contribution is 7.99. The Balaban J connectivity index is 1.34. The number of furan rings is 1. The van der Waals surface area contributed by atoms with E-state index in [1.165, 1.54) is 17.3 Å². The van der Waals surface area contributed by atoms with Crippen molar-refractivity contribution in [3.8, 4) is 5.69 Å². The number of carbonyl (C=O) groups is 1. The molecule has 6 nitrogen and oxygen atoms in total. The molecule has 1 N–H and O–H groups in total. The lowest BCUT2D eigenvalue weighted by Crippen LogP contribution is -2.30. The van der Waals surface area contributed by atoms with Gasteiger partial charge >= 0.3 is 0 Å². The normalized spacial score (nSPS) is 12.0. The van der Waals surface area contributed by atoms with Gasteiger partial charge in [0.05, 0.1) is 5.75 Å². The molecule has 1 amide bonds. The van der Waals surface area contributed by atoms with Gasteiger partial charge in [0, 0.05) is 11.1 Å². The summed E-state index contributed by atoms with van der Waals surface area (Å²) in [4.78, 5) is 13.0. The number of nitrogens with zero attached hydrogens (tertiary/aromatic N) is 3. The van der Waals surface area contributed by atoms with Crippen molar-refractivity contribution >= 4 is 28.6 Å². The van der Waals surface area contributed by atoms with Gasteiger partial charge in [-0.2, -0.15) is 0 Å². The van der Waals surface area contributed by atoms with E-state index in [0.717, 1.165) is 22.2 Å². The average Bonchev–Trinajstić information content (AvgIpc) is 3.49. The average molecular weight is 455 g/mol. The van der Waals surface area contributed by atoms with Crippen LogP contribution in [0.15, 0.2) is 101 Å². The van der Waals surface area contributed by atoms with Gasteiger partial charge in [-0.3, -0.25) is 9.36 Å². The molecule has 164 valence electrons. The van der Waals surface area contributed by atoms with Crippen molar-refractivity contribution in [3.63, 3.8) is 0 Å². The van der Waals surface area contributed by atoms with Crippen molar-refractivity contribution in [1.29, 1.82) is 0 Å². The van der Waals surface area contributed by atoms with E-state index in [1.54, 1.807) is 6.33 Å².